The van der Waals surface area contributed by atoms with Crippen LogP contribution in [0.2, 0.25) is 0 Å². The van der Waals surface area contributed by atoms with Crippen molar-refractivity contribution in [3.8, 4) is 0 Å². The van der Waals surface area contributed by atoms with Gasteiger partial charge in [-0.2, -0.15) is 0 Å². The molecule has 0 fully saturated rings. The Bertz CT molecular complexity index is 56.7. The highest BCUT2D eigenvalue weighted by Crippen LogP contribution is 1.75. The Labute approximate surface area is 32.1 Å². The first-order chi connectivity index (χ1) is 2.41. The molecule has 0 saturated carbocycles. The van der Waals surface area contributed by atoms with Crippen molar-refractivity contribution >= 4 is 8.25 Å². The van der Waals surface area contributed by atoms with Crippen LogP contribution in [0.25, 0.3) is 0 Å². The first-order valence-electron chi connectivity index (χ1n) is 1.45. The van der Waals surface area contributed by atoms with Gasteiger partial charge in [-0.25, -0.2) is 4.74 Å². The number of rotatable bonds is 1. The molecule has 0 aromatic heterocycles. The van der Waals surface area contributed by atoms with Gasteiger partial charge in [0.1, 0.15) is 0 Å². The summed E-state index contributed by atoms with van der Waals surface area (Å²) in [6.45, 7) is 2.52. The van der Waals surface area contributed by atoms with Crippen LogP contribution in [0.5, 0.6) is 0 Å². The van der Waals surface area contributed by atoms with E-state index in [0.29, 0.717) is 6.54 Å². The largest absolute Gasteiger partial charge is 0.265 e. The Morgan fingerprint density at radius 3 is 2.60 bits per heavy atom. The number of hydrogen-bond acceptors (Lipinski definition) is 2. The van der Waals surface area contributed by atoms with Gasteiger partial charge in [-0.05, 0) is 6.92 Å². The predicted octanol–water partition coefficient (Wildman–Crippen LogP) is 1.21. The topological polar surface area (TPSA) is 29.4 Å². The van der Waals surface area contributed by atoms with Crippen molar-refractivity contribution in [1.29, 1.82) is 0 Å². The van der Waals surface area contributed by atoms with Crippen molar-refractivity contribution in [2.24, 2.45) is 4.74 Å². The smallest absolute Gasteiger partial charge is 0.176 e. The molecule has 0 aromatic carbocycles. The predicted molar refractivity (Wildman–Crippen MR) is 22.0 cm³/mol. The molecule has 1 atom stereocenters. The highest BCUT2D eigenvalue weighted by Gasteiger charge is 1.49. The lowest BCUT2D eigenvalue weighted by molar-refractivity contribution is 0.602. The molecule has 0 spiro atoms. The fourth-order valence-electron chi connectivity index (χ4n) is 0.0645. The lowest BCUT2D eigenvalue weighted by Gasteiger charge is -1.60. The van der Waals surface area contributed by atoms with Crippen LogP contribution in [0.4, 0.5) is 0 Å². The quantitative estimate of drug-likeness (QED) is 0.446. The molecule has 0 aliphatic carbocycles. The molecule has 5 heavy (non-hydrogen) atoms. The molecule has 0 heterocycles. The third-order valence-corrected chi connectivity index (χ3v) is 0.668. The summed E-state index contributed by atoms with van der Waals surface area (Å²) in [4.78, 5) is 0. The van der Waals surface area contributed by atoms with Crippen molar-refractivity contribution in [2.75, 3.05) is 6.54 Å². The number of nitrogens with zero attached hydrogens (tertiary/aromatic N) is 1. The van der Waals surface area contributed by atoms with Gasteiger partial charge < -0.3 is 0 Å². The molecule has 1 unspecified atom stereocenters. The first kappa shape index (κ1) is 4.90. The van der Waals surface area contributed by atoms with Gasteiger partial charge in [0.15, 0.2) is 8.25 Å². The summed E-state index contributed by atoms with van der Waals surface area (Å²) in [5.74, 6) is 0. The van der Waals surface area contributed by atoms with Crippen LogP contribution in [0.3, 0.4) is 0 Å². The van der Waals surface area contributed by atoms with E-state index in [4.69, 9.17) is 0 Å². The lowest BCUT2D eigenvalue weighted by atomic mass is 10.8. The zero-order chi connectivity index (χ0) is 4.12. The van der Waals surface area contributed by atoms with Crippen LogP contribution in [0.1, 0.15) is 6.92 Å². The SMILES string of the molecule is CCN=[PH]=O. The van der Waals surface area contributed by atoms with Crippen LogP contribution in [0, 0.1) is 0 Å². The fourth-order valence-corrected chi connectivity index (χ4v) is 0.194. The third-order valence-electron chi connectivity index (χ3n) is 0.223. The second-order valence-corrected chi connectivity index (χ2v) is 1.06. The van der Waals surface area contributed by atoms with Crippen molar-refractivity contribution in [3.63, 3.8) is 0 Å². The monoisotopic (exact) mass is 91.0 g/mol. The highest BCUT2D eigenvalue weighted by atomic mass is 31.0. The Morgan fingerprint density at radius 1 is 2.00 bits per heavy atom. The summed E-state index contributed by atoms with van der Waals surface area (Å²) < 4.78 is 12.8. The maximum absolute atomic E-state index is 9.39. The van der Waals surface area contributed by atoms with Crippen LogP contribution in [-0.2, 0) is 4.57 Å². The Morgan fingerprint density at radius 2 is 2.60 bits per heavy atom. The molecular formula is C2H6NOP. The highest BCUT2D eigenvalue weighted by molar-refractivity contribution is 7.11. The van der Waals surface area contributed by atoms with Crippen LogP contribution in [0.15, 0.2) is 4.74 Å². The average Bonchev–Trinajstić information content (AvgIpc) is 1.41. The molecule has 0 amide bonds. The first-order valence-corrected chi connectivity index (χ1v) is 2.31. The van der Waals surface area contributed by atoms with E-state index in [2.05, 4.69) is 4.74 Å². The molecule has 3 heteroatoms. The molecule has 2 nitrogen and oxygen atoms in total. The standard InChI is InChI=1S/C2H6NOP/c1-2-3-5-4/h5H,2H2,1H3. The summed E-state index contributed by atoms with van der Waals surface area (Å²) in [6, 6.07) is 0. The summed E-state index contributed by atoms with van der Waals surface area (Å²) in [6.07, 6.45) is 0. The zero-order valence-corrected chi connectivity index (χ0v) is 4.06. The maximum Gasteiger partial charge on any atom is 0.176 e. The third kappa shape index (κ3) is 3.90. The van der Waals surface area contributed by atoms with Gasteiger partial charge in [0, 0.05) is 6.54 Å². The van der Waals surface area contributed by atoms with E-state index < -0.39 is 8.25 Å². The molecule has 0 radical (unpaired) electrons. The van der Waals surface area contributed by atoms with Gasteiger partial charge in [0.25, 0.3) is 0 Å². The summed E-state index contributed by atoms with van der Waals surface area (Å²) in [5, 5.41) is 0. The maximum atomic E-state index is 9.39. The van der Waals surface area contributed by atoms with Gasteiger partial charge >= 0.3 is 0 Å². The molecule has 0 aliphatic rings. The van der Waals surface area contributed by atoms with E-state index in [1.807, 2.05) is 6.92 Å². The molecule has 0 N–H and O–H groups in total. The molecule has 0 bridgehead atoms. The van der Waals surface area contributed by atoms with Crippen molar-refractivity contribution < 1.29 is 4.57 Å². The van der Waals surface area contributed by atoms with Gasteiger partial charge in [-0.15, -0.1) is 0 Å². The Hall–Kier alpha value is -0.100. The van der Waals surface area contributed by atoms with Gasteiger partial charge in [-0.3, -0.25) is 4.57 Å². The molecule has 0 aromatic rings. The Balaban J connectivity index is 2.93. The van der Waals surface area contributed by atoms with Gasteiger partial charge in [0.2, 0.25) is 0 Å². The lowest BCUT2D eigenvalue weighted by Crippen LogP contribution is -1.50. The number of hydrogen-bond donors (Lipinski definition) is 0. The van der Waals surface area contributed by atoms with E-state index in [1.54, 1.807) is 0 Å². The van der Waals surface area contributed by atoms with Crippen molar-refractivity contribution in [2.45, 2.75) is 6.92 Å². The molecule has 0 saturated heterocycles. The van der Waals surface area contributed by atoms with Crippen LogP contribution in [-0.4, -0.2) is 6.54 Å². The molecule has 30 valence electrons. The van der Waals surface area contributed by atoms with Crippen LogP contribution >= 0.6 is 8.25 Å². The Kier molecular flexibility index (Phi) is 3.82. The van der Waals surface area contributed by atoms with E-state index in [-0.39, 0.29) is 0 Å². The summed E-state index contributed by atoms with van der Waals surface area (Å²) >= 11 is 0. The minimum absolute atomic E-state index is 0.467. The minimum atomic E-state index is -0.467. The minimum Gasteiger partial charge on any atom is -0.265 e. The fraction of sp³-hybridized carbons (Fsp3) is 1.00. The zero-order valence-electron chi connectivity index (χ0n) is 3.06. The van der Waals surface area contributed by atoms with Crippen molar-refractivity contribution in [1.82, 2.24) is 0 Å². The van der Waals surface area contributed by atoms with Crippen molar-refractivity contribution in [3.05, 3.63) is 0 Å². The second-order valence-electron chi connectivity index (χ2n) is 0.566. The van der Waals surface area contributed by atoms with E-state index in [0.717, 1.165) is 0 Å². The van der Waals surface area contributed by atoms with Crippen LogP contribution < -0.4 is 0 Å². The average molecular weight is 91.0 g/mol. The molecule has 0 aliphatic heterocycles. The van der Waals surface area contributed by atoms with Gasteiger partial charge in [-0.1, -0.05) is 0 Å². The normalized spacial score (nSPS) is 8.20. The molecular weight excluding hydrogens is 85.0 g/mol. The van der Waals surface area contributed by atoms with E-state index in [9.17, 15) is 4.57 Å². The molecule has 0 rings (SSSR count). The van der Waals surface area contributed by atoms with E-state index >= 15 is 0 Å². The summed E-state index contributed by atoms with van der Waals surface area (Å²) in [5.41, 5.74) is 0. The second kappa shape index (κ2) is 3.90. The summed E-state index contributed by atoms with van der Waals surface area (Å²) in [7, 11) is -0.467. The van der Waals surface area contributed by atoms with E-state index in [1.165, 1.54) is 0 Å². The van der Waals surface area contributed by atoms with Gasteiger partial charge in [0.05, 0.1) is 0 Å².